The molecule has 0 heterocycles. The molecule has 4 atom stereocenters. The van der Waals surface area contributed by atoms with Crippen LogP contribution in [0.2, 0.25) is 0 Å². The summed E-state index contributed by atoms with van der Waals surface area (Å²) in [7, 11) is 0. The van der Waals surface area contributed by atoms with Crippen molar-refractivity contribution in [3.8, 4) is 6.07 Å². The summed E-state index contributed by atoms with van der Waals surface area (Å²) in [5.41, 5.74) is 6.51. The lowest BCUT2D eigenvalue weighted by molar-refractivity contribution is -0.123. The van der Waals surface area contributed by atoms with Crippen LogP contribution in [0.4, 0.5) is 11.4 Å². The van der Waals surface area contributed by atoms with Gasteiger partial charge < -0.3 is 11.1 Å². The summed E-state index contributed by atoms with van der Waals surface area (Å²) < 4.78 is 0. The zero-order valence-electron chi connectivity index (χ0n) is 15.8. The van der Waals surface area contributed by atoms with E-state index in [2.05, 4.69) is 12.2 Å². The molecule has 3 N–H and O–H groups in total. The highest BCUT2D eigenvalue weighted by molar-refractivity contribution is 6.21. The third kappa shape index (κ3) is 3.97. The topological polar surface area (TPSA) is 99.2 Å². The maximum absolute atomic E-state index is 12.8. The predicted molar refractivity (Wildman–Crippen MR) is 104 cm³/mol. The fraction of sp³-hybridized carbons (Fsp3) is 0.476. The maximum Gasteiger partial charge on any atom is 0.277 e. The average Bonchev–Trinajstić information content (AvgIpc) is 3.27. The molecular formula is C21H26N4O2. The van der Waals surface area contributed by atoms with Crippen LogP contribution >= 0.6 is 0 Å². The van der Waals surface area contributed by atoms with Crippen LogP contribution in [0, 0.1) is 29.1 Å². The minimum Gasteiger partial charge on any atom is -0.399 e. The Hall–Kier alpha value is -2.81. The largest absolute Gasteiger partial charge is 0.399 e. The molecule has 2 bridgehead atoms. The van der Waals surface area contributed by atoms with Crippen molar-refractivity contribution >= 4 is 23.2 Å². The standard InChI is InChI=1S/C21H26N4O2/c1-13(20-10-15-3-4-16(20)9-15)24-12-17(11-22)21(27)25(14(2)26)19-7-5-18(23)6-8-19/h5-8,12-13,15-16,20,24H,3-4,9-10,23H2,1-2H3/b17-12-. The van der Waals surface area contributed by atoms with Crippen LogP contribution in [0.15, 0.2) is 36.0 Å². The molecule has 142 valence electrons. The van der Waals surface area contributed by atoms with Crippen molar-refractivity contribution in [2.75, 3.05) is 10.6 Å². The number of anilines is 2. The number of amides is 2. The van der Waals surface area contributed by atoms with Gasteiger partial charge >= 0.3 is 0 Å². The Bertz CT molecular complexity index is 793. The first kappa shape index (κ1) is 19.0. The van der Waals surface area contributed by atoms with E-state index in [1.54, 1.807) is 24.3 Å². The lowest BCUT2D eigenvalue weighted by Crippen LogP contribution is -2.38. The molecule has 27 heavy (non-hydrogen) atoms. The summed E-state index contributed by atoms with van der Waals surface area (Å²) in [4.78, 5) is 25.8. The Kier molecular flexibility index (Phi) is 5.50. The van der Waals surface area contributed by atoms with Gasteiger partial charge in [0.2, 0.25) is 5.91 Å². The SMILES string of the molecule is CC(=O)N(C(=O)/C(C#N)=C\NC(C)C1CC2CCC1C2)c1ccc(N)cc1. The van der Waals surface area contributed by atoms with Gasteiger partial charge in [0.05, 0.1) is 5.69 Å². The first-order valence-corrected chi connectivity index (χ1v) is 9.47. The van der Waals surface area contributed by atoms with Crippen molar-refractivity contribution in [1.82, 2.24) is 5.32 Å². The van der Waals surface area contributed by atoms with Crippen molar-refractivity contribution in [3.05, 3.63) is 36.0 Å². The molecule has 0 aliphatic heterocycles. The van der Waals surface area contributed by atoms with Crippen molar-refractivity contribution in [2.45, 2.75) is 45.6 Å². The number of hydrogen-bond donors (Lipinski definition) is 2. The van der Waals surface area contributed by atoms with Crippen molar-refractivity contribution in [2.24, 2.45) is 17.8 Å². The Morgan fingerprint density at radius 2 is 2.00 bits per heavy atom. The molecular weight excluding hydrogens is 340 g/mol. The fourth-order valence-electron chi connectivity index (χ4n) is 4.57. The highest BCUT2D eigenvalue weighted by Crippen LogP contribution is 2.49. The normalized spacial score (nSPS) is 24.9. The van der Waals surface area contributed by atoms with Crippen molar-refractivity contribution in [3.63, 3.8) is 0 Å². The molecule has 2 aliphatic carbocycles. The second kappa shape index (κ2) is 7.83. The molecule has 1 aromatic rings. The Balaban J connectivity index is 1.73. The molecule has 1 aromatic carbocycles. The van der Waals surface area contributed by atoms with Gasteiger partial charge in [0.15, 0.2) is 0 Å². The van der Waals surface area contributed by atoms with Gasteiger partial charge in [0, 0.05) is 24.9 Å². The summed E-state index contributed by atoms with van der Waals surface area (Å²) in [6.45, 7) is 3.40. The lowest BCUT2D eigenvalue weighted by Gasteiger charge is -2.28. The second-order valence-corrected chi connectivity index (χ2v) is 7.71. The molecule has 2 aliphatic rings. The summed E-state index contributed by atoms with van der Waals surface area (Å²) in [6.07, 6.45) is 6.60. The number of nitrogens with zero attached hydrogens (tertiary/aromatic N) is 2. The zero-order valence-corrected chi connectivity index (χ0v) is 15.8. The molecule has 2 saturated carbocycles. The minimum atomic E-state index is -0.637. The molecule has 6 nitrogen and oxygen atoms in total. The van der Waals surface area contributed by atoms with Crippen LogP contribution in [0.25, 0.3) is 0 Å². The molecule has 0 radical (unpaired) electrons. The summed E-state index contributed by atoms with van der Waals surface area (Å²) in [5.74, 6) is 1.07. The Morgan fingerprint density at radius 1 is 1.30 bits per heavy atom. The van der Waals surface area contributed by atoms with E-state index in [0.717, 1.165) is 16.7 Å². The first-order valence-electron chi connectivity index (χ1n) is 9.47. The average molecular weight is 366 g/mol. The number of fused-ring (bicyclic) bond motifs is 2. The molecule has 2 fully saturated rings. The van der Waals surface area contributed by atoms with Crippen LogP contribution in [0.5, 0.6) is 0 Å². The summed E-state index contributed by atoms with van der Waals surface area (Å²) in [5, 5.41) is 12.7. The number of benzene rings is 1. The van der Waals surface area contributed by atoms with Gasteiger partial charge in [-0.2, -0.15) is 5.26 Å². The molecule has 2 amide bonds. The quantitative estimate of drug-likeness (QED) is 0.474. The lowest BCUT2D eigenvalue weighted by atomic mass is 9.84. The van der Waals surface area contributed by atoms with E-state index >= 15 is 0 Å². The van der Waals surface area contributed by atoms with E-state index in [4.69, 9.17) is 5.73 Å². The number of nitrogens with one attached hydrogen (secondary N) is 1. The van der Waals surface area contributed by atoms with E-state index in [9.17, 15) is 14.9 Å². The highest BCUT2D eigenvalue weighted by Gasteiger charge is 2.41. The number of hydrogen-bond acceptors (Lipinski definition) is 5. The number of carbonyl (C=O) groups excluding carboxylic acids is 2. The third-order valence-corrected chi connectivity index (χ3v) is 5.95. The number of nitrogen functional groups attached to an aromatic ring is 1. The number of nitrogens with two attached hydrogens (primary N) is 1. The molecule has 0 spiro atoms. The number of carbonyl (C=O) groups is 2. The molecule has 0 saturated heterocycles. The van der Waals surface area contributed by atoms with Gasteiger partial charge in [-0.3, -0.25) is 9.59 Å². The van der Waals surface area contributed by atoms with E-state index < -0.39 is 11.8 Å². The van der Waals surface area contributed by atoms with Gasteiger partial charge in [0.1, 0.15) is 11.6 Å². The van der Waals surface area contributed by atoms with Crippen LogP contribution in [-0.2, 0) is 9.59 Å². The zero-order chi connectivity index (χ0) is 19.6. The molecule has 0 aromatic heterocycles. The Morgan fingerprint density at radius 3 is 2.52 bits per heavy atom. The van der Waals surface area contributed by atoms with E-state index in [0.29, 0.717) is 17.3 Å². The molecule has 6 heteroatoms. The van der Waals surface area contributed by atoms with Crippen molar-refractivity contribution in [1.29, 1.82) is 5.26 Å². The van der Waals surface area contributed by atoms with Crippen LogP contribution < -0.4 is 16.0 Å². The van der Waals surface area contributed by atoms with Crippen molar-refractivity contribution < 1.29 is 9.59 Å². The summed E-state index contributed by atoms with van der Waals surface area (Å²) >= 11 is 0. The van der Waals surface area contributed by atoms with E-state index in [-0.39, 0.29) is 11.6 Å². The highest BCUT2D eigenvalue weighted by atomic mass is 16.2. The smallest absolute Gasteiger partial charge is 0.277 e. The van der Waals surface area contributed by atoms with Gasteiger partial charge in [0.25, 0.3) is 5.91 Å². The fourth-order valence-corrected chi connectivity index (χ4v) is 4.57. The van der Waals surface area contributed by atoms with Gasteiger partial charge in [-0.1, -0.05) is 6.42 Å². The van der Waals surface area contributed by atoms with Gasteiger partial charge in [-0.05, 0) is 68.2 Å². The maximum atomic E-state index is 12.8. The third-order valence-electron chi connectivity index (χ3n) is 5.95. The van der Waals surface area contributed by atoms with Gasteiger partial charge in [-0.25, -0.2) is 4.90 Å². The number of nitriles is 1. The minimum absolute atomic E-state index is 0.0861. The van der Waals surface area contributed by atoms with Gasteiger partial charge in [-0.15, -0.1) is 0 Å². The summed E-state index contributed by atoms with van der Waals surface area (Å²) in [6, 6.07) is 8.54. The number of imide groups is 1. The van der Waals surface area contributed by atoms with Crippen LogP contribution in [0.3, 0.4) is 0 Å². The molecule has 4 unspecified atom stereocenters. The van der Waals surface area contributed by atoms with E-state index in [1.165, 1.54) is 38.8 Å². The number of rotatable bonds is 5. The monoisotopic (exact) mass is 366 g/mol. The second-order valence-electron chi connectivity index (χ2n) is 7.71. The predicted octanol–water partition coefficient (Wildman–Crippen LogP) is 2.97. The van der Waals surface area contributed by atoms with Crippen LogP contribution in [0.1, 0.15) is 39.5 Å². The Labute approximate surface area is 160 Å². The molecule has 3 rings (SSSR count). The first-order chi connectivity index (χ1) is 12.9. The van der Waals surface area contributed by atoms with E-state index in [1.807, 2.05) is 6.07 Å². The van der Waals surface area contributed by atoms with Crippen LogP contribution in [-0.4, -0.2) is 17.9 Å².